The summed E-state index contributed by atoms with van der Waals surface area (Å²) < 4.78 is 30.3. The maximum absolute atomic E-state index is 10.8. The largest absolute Gasteiger partial charge is 0.298 e. The van der Waals surface area contributed by atoms with Crippen LogP contribution in [0.4, 0.5) is 0 Å². The normalized spacial score (nSPS) is 9.68. The van der Waals surface area contributed by atoms with Crippen molar-refractivity contribution in [2.24, 2.45) is 0 Å². The maximum atomic E-state index is 10.8. The zero-order chi connectivity index (χ0) is 17.2. The Hall–Kier alpha value is -1.98. The van der Waals surface area contributed by atoms with E-state index in [0.29, 0.717) is 11.8 Å². The second-order valence-electron chi connectivity index (χ2n) is 4.29. The van der Waals surface area contributed by atoms with E-state index in [1.807, 2.05) is 32.0 Å². The summed E-state index contributed by atoms with van der Waals surface area (Å²) in [6.45, 7) is 7.75. The summed E-state index contributed by atoms with van der Waals surface area (Å²) in [5, 5.41) is 0. The first kappa shape index (κ1) is 20.0. The molecule has 0 saturated carbocycles. The first-order valence-electron chi connectivity index (χ1n) is 6.89. The van der Waals surface area contributed by atoms with Crippen LogP contribution in [0.15, 0.2) is 53.4 Å². The van der Waals surface area contributed by atoms with E-state index in [4.69, 9.17) is 4.55 Å². The highest BCUT2D eigenvalue weighted by molar-refractivity contribution is 7.86. The van der Waals surface area contributed by atoms with Crippen molar-refractivity contribution < 1.29 is 17.8 Å². The number of hydrogen-bond donors (Lipinski definition) is 1. The van der Waals surface area contributed by atoms with Gasteiger partial charge in [-0.15, -0.1) is 0 Å². The van der Waals surface area contributed by atoms with Crippen molar-refractivity contribution in [1.82, 2.24) is 0 Å². The van der Waals surface area contributed by atoms with Gasteiger partial charge in [0.05, 0.1) is 0 Å². The van der Waals surface area contributed by atoms with Crippen LogP contribution in [-0.2, 0) is 10.1 Å². The first-order valence-corrected chi connectivity index (χ1v) is 8.33. The van der Waals surface area contributed by atoms with E-state index in [9.17, 15) is 13.2 Å². The van der Waals surface area contributed by atoms with Crippen LogP contribution in [0.5, 0.6) is 0 Å². The summed E-state index contributed by atoms with van der Waals surface area (Å²) in [6.07, 6.45) is 0.391. The van der Waals surface area contributed by atoms with Gasteiger partial charge in [-0.1, -0.05) is 61.9 Å². The van der Waals surface area contributed by atoms with Gasteiger partial charge < -0.3 is 0 Å². The Morgan fingerprint density at radius 2 is 1.45 bits per heavy atom. The molecule has 0 amide bonds. The molecule has 2 aromatic rings. The van der Waals surface area contributed by atoms with E-state index in [1.165, 1.54) is 17.7 Å². The Bertz CT molecular complexity index is 677. The molecule has 120 valence electrons. The molecule has 2 aromatic carbocycles. The lowest BCUT2D eigenvalue weighted by Gasteiger charge is -2.01. The quantitative estimate of drug-likeness (QED) is 0.668. The van der Waals surface area contributed by atoms with Crippen LogP contribution >= 0.6 is 0 Å². The van der Waals surface area contributed by atoms with Crippen LogP contribution in [0, 0.1) is 13.8 Å². The van der Waals surface area contributed by atoms with Gasteiger partial charge >= 0.3 is 0 Å². The molecule has 0 spiro atoms. The zero-order valence-electron chi connectivity index (χ0n) is 13.3. The summed E-state index contributed by atoms with van der Waals surface area (Å²) >= 11 is 0. The number of aryl methyl sites for hydroxylation is 2. The highest BCUT2D eigenvalue weighted by Crippen LogP contribution is 2.15. The van der Waals surface area contributed by atoms with Crippen LogP contribution in [0.3, 0.4) is 0 Å². The molecule has 4 nitrogen and oxygen atoms in total. The lowest BCUT2D eigenvalue weighted by molar-refractivity contribution is 0.112. The van der Waals surface area contributed by atoms with Crippen molar-refractivity contribution in [2.75, 3.05) is 0 Å². The van der Waals surface area contributed by atoms with Gasteiger partial charge in [0.2, 0.25) is 0 Å². The third kappa shape index (κ3) is 7.15. The Kier molecular flexibility index (Phi) is 8.98. The van der Waals surface area contributed by atoms with E-state index in [-0.39, 0.29) is 10.5 Å². The van der Waals surface area contributed by atoms with Crippen LogP contribution in [0.25, 0.3) is 0 Å². The number of carbonyl (C=O) groups excluding carboxylic acids is 1. The molecule has 0 radical (unpaired) electrons. The Balaban J connectivity index is 0.000000412. The fraction of sp³-hybridized carbons (Fsp3) is 0.235. The van der Waals surface area contributed by atoms with E-state index in [0.717, 1.165) is 0 Å². The summed E-state index contributed by atoms with van der Waals surface area (Å²) in [5.74, 6) is 0. The number of hydrogen-bond acceptors (Lipinski definition) is 3. The molecule has 2 rings (SSSR count). The molecule has 0 fully saturated rings. The first-order chi connectivity index (χ1) is 10.3. The van der Waals surface area contributed by atoms with Gasteiger partial charge in [-0.05, 0) is 25.5 Å². The SMILES string of the molecule is CC.Cc1ccc(C=O)c(S(=O)(=O)O)c1.Cc1ccccc1. The number of benzene rings is 2. The molecular formula is C17H22O4S. The fourth-order valence-corrected chi connectivity index (χ4v) is 2.25. The molecule has 0 unspecified atom stereocenters. The monoisotopic (exact) mass is 322 g/mol. The van der Waals surface area contributed by atoms with E-state index < -0.39 is 10.1 Å². The van der Waals surface area contributed by atoms with Gasteiger partial charge in [-0.3, -0.25) is 9.35 Å². The van der Waals surface area contributed by atoms with E-state index in [1.54, 1.807) is 13.0 Å². The molecule has 0 aliphatic rings. The lowest BCUT2D eigenvalue weighted by Crippen LogP contribution is -2.02. The summed E-state index contributed by atoms with van der Waals surface area (Å²) in [6, 6.07) is 14.5. The topological polar surface area (TPSA) is 71.4 Å². The van der Waals surface area contributed by atoms with E-state index >= 15 is 0 Å². The molecule has 0 bridgehead atoms. The van der Waals surface area contributed by atoms with Crippen molar-refractivity contribution in [1.29, 1.82) is 0 Å². The fourth-order valence-electron chi connectivity index (χ4n) is 1.50. The molecule has 0 saturated heterocycles. The van der Waals surface area contributed by atoms with Crippen molar-refractivity contribution in [3.8, 4) is 0 Å². The van der Waals surface area contributed by atoms with Crippen molar-refractivity contribution in [3.05, 3.63) is 65.2 Å². The van der Waals surface area contributed by atoms with Gasteiger partial charge in [-0.25, -0.2) is 0 Å². The molecule has 1 N–H and O–H groups in total. The highest BCUT2D eigenvalue weighted by Gasteiger charge is 2.14. The second kappa shape index (κ2) is 9.87. The molecule has 0 aromatic heterocycles. The lowest BCUT2D eigenvalue weighted by atomic mass is 10.2. The Morgan fingerprint density at radius 1 is 0.909 bits per heavy atom. The Labute approximate surface area is 132 Å². The van der Waals surface area contributed by atoms with Crippen LogP contribution in [0.1, 0.15) is 35.3 Å². The molecule has 5 heteroatoms. The third-order valence-electron chi connectivity index (χ3n) is 2.51. The highest BCUT2D eigenvalue weighted by atomic mass is 32.2. The minimum Gasteiger partial charge on any atom is -0.298 e. The Morgan fingerprint density at radius 3 is 1.82 bits per heavy atom. The van der Waals surface area contributed by atoms with Crippen molar-refractivity contribution in [2.45, 2.75) is 32.6 Å². The predicted molar refractivity (Wildman–Crippen MR) is 88.9 cm³/mol. The van der Waals surface area contributed by atoms with Gasteiger partial charge in [-0.2, -0.15) is 8.42 Å². The molecule has 0 aliphatic heterocycles. The summed E-state index contributed by atoms with van der Waals surface area (Å²) in [4.78, 5) is 10.1. The molecule has 0 atom stereocenters. The van der Waals surface area contributed by atoms with Gasteiger partial charge in [0.1, 0.15) is 4.90 Å². The molecule has 0 heterocycles. The molecule has 0 aliphatic carbocycles. The number of rotatable bonds is 2. The van der Waals surface area contributed by atoms with E-state index in [2.05, 4.69) is 19.1 Å². The second-order valence-corrected chi connectivity index (χ2v) is 5.68. The van der Waals surface area contributed by atoms with Crippen LogP contribution < -0.4 is 0 Å². The molecular weight excluding hydrogens is 300 g/mol. The standard InChI is InChI=1S/C8H8O4S.C7H8.C2H6/c1-6-2-3-7(5-9)8(4-6)13(10,11)12;1-7-5-3-2-4-6-7;1-2/h2-5H,1H3,(H,10,11,12);2-6H,1H3;1-2H3. The van der Waals surface area contributed by atoms with Crippen LogP contribution in [-0.4, -0.2) is 19.3 Å². The third-order valence-corrected chi connectivity index (χ3v) is 3.42. The number of aldehydes is 1. The minimum atomic E-state index is -4.30. The van der Waals surface area contributed by atoms with Gasteiger partial charge in [0.15, 0.2) is 6.29 Å². The van der Waals surface area contributed by atoms with Gasteiger partial charge in [0, 0.05) is 5.56 Å². The maximum Gasteiger partial charge on any atom is 0.295 e. The predicted octanol–water partition coefficient (Wildman–Crippen LogP) is 4.08. The zero-order valence-corrected chi connectivity index (χ0v) is 14.1. The average Bonchev–Trinajstić information content (AvgIpc) is 2.50. The van der Waals surface area contributed by atoms with Gasteiger partial charge in [0.25, 0.3) is 10.1 Å². The van der Waals surface area contributed by atoms with Crippen molar-refractivity contribution in [3.63, 3.8) is 0 Å². The number of carbonyl (C=O) groups is 1. The van der Waals surface area contributed by atoms with Crippen LogP contribution in [0.2, 0.25) is 0 Å². The average molecular weight is 322 g/mol. The summed E-state index contributed by atoms with van der Waals surface area (Å²) in [7, 11) is -4.30. The van der Waals surface area contributed by atoms with Crippen molar-refractivity contribution >= 4 is 16.4 Å². The molecule has 22 heavy (non-hydrogen) atoms. The minimum absolute atomic E-state index is 0.0342. The summed E-state index contributed by atoms with van der Waals surface area (Å²) in [5.41, 5.74) is 1.95. The smallest absolute Gasteiger partial charge is 0.295 e.